The van der Waals surface area contributed by atoms with Crippen LogP contribution in [-0.2, 0) is 18.8 Å². The number of rotatable bonds is 11. The Kier molecular flexibility index (Phi) is 8.94. The Balaban J connectivity index is 1.81. The predicted octanol–water partition coefficient (Wildman–Crippen LogP) is 2.54. The summed E-state index contributed by atoms with van der Waals surface area (Å²) in [7, 11) is 0.708. The minimum Gasteiger partial charge on any atom is -0.494 e. The normalized spacial score (nSPS) is 17.9. The van der Waals surface area contributed by atoms with Gasteiger partial charge in [-0.15, -0.1) is 0 Å². The minimum atomic E-state index is -0.937. The van der Waals surface area contributed by atoms with E-state index in [2.05, 4.69) is 15.3 Å². The highest BCUT2D eigenvalue weighted by atomic mass is 35.5. The molecule has 2 aromatic rings. The number of primary amides is 1. The van der Waals surface area contributed by atoms with Gasteiger partial charge in [0.2, 0.25) is 5.91 Å². The number of hydrogen-bond donors (Lipinski definition) is 2. The number of carbonyl (C=O) groups is 2. The molecule has 1 fully saturated rings. The van der Waals surface area contributed by atoms with E-state index >= 15 is 0 Å². The van der Waals surface area contributed by atoms with Gasteiger partial charge in [-0.3, -0.25) is 14.6 Å². The molecular weight excluding hydrogens is 487 g/mol. The largest absolute Gasteiger partial charge is 0.494 e. The number of halogens is 1. The zero-order valence-electron chi connectivity index (χ0n) is 21.1. The number of amides is 2. The standard InChI is InChI=1S/C24H32BClN4O6/c1-23(2)24(3,4)36-25(35-23)18(10-13-34-16-8-6-15(26)7-9-16)30-22(32)17(14-33-5)19-20(21(27)31)29-12-11-28-19/h6-9,11-12,17-18H,10,13-14H2,1-5H3,(H2,27,31)(H,30,32)/t17-,18-/m0/s1. The van der Waals surface area contributed by atoms with E-state index in [9.17, 15) is 9.59 Å². The second-order valence-corrected chi connectivity index (χ2v) is 9.93. The van der Waals surface area contributed by atoms with Crippen LogP contribution in [0.1, 0.15) is 56.2 Å². The SMILES string of the molecule is COC[C@H](C(=O)N[C@@H](CCOc1ccc(Cl)cc1)B1OC(C)(C)C(C)(C)O1)c1nccnc1C(N)=O. The molecule has 36 heavy (non-hydrogen) atoms. The molecule has 3 N–H and O–H groups in total. The van der Waals surface area contributed by atoms with E-state index < -0.39 is 42.0 Å². The van der Waals surface area contributed by atoms with Gasteiger partial charge in [-0.25, -0.2) is 4.98 Å². The van der Waals surface area contributed by atoms with Crippen LogP contribution in [0, 0.1) is 0 Å². The van der Waals surface area contributed by atoms with Gasteiger partial charge in [0.1, 0.15) is 17.4 Å². The number of nitrogens with one attached hydrogen (secondary N) is 1. The Hall–Kier alpha value is -2.73. The lowest BCUT2D eigenvalue weighted by molar-refractivity contribution is -0.124. The minimum absolute atomic E-state index is 0.0395. The summed E-state index contributed by atoms with van der Waals surface area (Å²) in [5.41, 5.74) is 4.30. The van der Waals surface area contributed by atoms with E-state index in [1.54, 1.807) is 24.3 Å². The number of methoxy groups -OCH3 is 1. The van der Waals surface area contributed by atoms with Crippen LogP contribution in [-0.4, -0.2) is 66.4 Å². The molecule has 194 valence electrons. The van der Waals surface area contributed by atoms with Gasteiger partial charge < -0.3 is 29.8 Å². The maximum Gasteiger partial charge on any atom is 0.481 e. The molecule has 1 aliphatic rings. The Morgan fingerprint density at radius 2 is 1.72 bits per heavy atom. The zero-order valence-corrected chi connectivity index (χ0v) is 21.9. The monoisotopic (exact) mass is 518 g/mol. The molecule has 0 spiro atoms. The van der Waals surface area contributed by atoms with E-state index in [4.69, 9.17) is 36.1 Å². The van der Waals surface area contributed by atoms with Crippen molar-refractivity contribution in [2.75, 3.05) is 20.3 Å². The first-order chi connectivity index (χ1) is 16.9. The summed E-state index contributed by atoms with van der Waals surface area (Å²) in [6.07, 6.45) is 3.10. The van der Waals surface area contributed by atoms with Crippen LogP contribution in [0.5, 0.6) is 5.75 Å². The van der Waals surface area contributed by atoms with Crippen LogP contribution < -0.4 is 15.8 Å². The summed E-state index contributed by atoms with van der Waals surface area (Å²) < 4.78 is 23.5. The summed E-state index contributed by atoms with van der Waals surface area (Å²) >= 11 is 5.94. The first-order valence-electron chi connectivity index (χ1n) is 11.6. The molecule has 12 heteroatoms. The molecule has 1 aromatic carbocycles. The summed E-state index contributed by atoms with van der Waals surface area (Å²) in [4.78, 5) is 33.6. The third kappa shape index (κ3) is 6.53. The van der Waals surface area contributed by atoms with Crippen molar-refractivity contribution in [1.29, 1.82) is 0 Å². The quantitative estimate of drug-likeness (QED) is 0.433. The lowest BCUT2D eigenvalue weighted by Crippen LogP contribution is -2.50. The molecule has 2 heterocycles. The first kappa shape index (κ1) is 27.9. The predicted molar refractivity (Wildman–Crippen MR) is 135 cm³/mol. The van der Waals surface area contributed by atoms with Gasteiger partial charge in [-0.05, 0) is 52.0 Å². The van der Waals surface area contributed by atoms with E-state index in [-0.39, 0.29) is 24.6 Å². The highest BCUT2D eigenvalue weighted by Crippen LogP contribution is 2.38. The van der Waals surface area contributed by atoms with E-state index in [1.807, 2.05) is 27.7 Å². The average Bonchev–Trinajstić information content (AvgIpc) is 3.04. The van der Waals surface area contributed by atoms with Gasteiger partial charge in [-0.2, -0.15) is 0 Å². The number of carbonyl (C=O) groups excluding carboxylic acids is 2. The highest BCUT2D eigenvalue weighted by molar-refractivity contribution is 6.48. The van der Waals surface area contributed by atoms with Crippen molar-refractivity contribution in [3.63, 3.8) is 0 Å². The molecule has 0 radical (unpaired) electrons. The Morgan fingerprint density at radius 1 is 1.11 bits per heavy atom. The summed E-state index contributed by atoms with van der Waals surface area (Å²) in [5.74, 6) is -2.11. The smallest absolute Gasteiger partial charge is 0.481 e. The van der Waals surface area contributed by atoms with Gasteiger partial charge in [0.15, 0.2) is 0 Å². The van der Waals surface area contributed by atoms with Crippen LogP contribution in [0.25, 0.3) is 0 Å². The fourth-order valence-corrected chi connectivity index (χ4v) is 3.81. The summed E-state index contributed by atoms with van der Waals surface area (Å²) in [6.45, 7) is 7.96. The Labute approximate surface area is 216 Å². The summed E-state index contributed by atoms with van der Waals surface area (Å²) in [5, 5.41) is 3.59. The Morgan fingerprint density at radius 3 is 2.31 bits per heavy atom. The molecule has 1 saturated heterocycles. The topological polar surface area (TPSA) is 135 Å². The first-order valence-corrected chi connectivity index (χ1v) is 12.0. The number of hydrogen-bond acceptors (Lipinski definition) is 8. The zero-order chi connectivity index (χ0) is 26.5. The van der Waals surface area contributed by atoms with Crippen molar-refractivity contribution in [3.05, 3.63) is 53.1 Å². The second-order valence-electron chi connectivity index (χ2n) is 9.49. The van der Waals surface area contributed by atoms with Crippen LogP contribution in [0.4, 0.5) is 0 Å². The maximum absolute atomic E-state index is 13.5. The molecule has 0 saturated carbocycles. The van der Waals surface area contributed by atoms with E-state index in [1.165, 1.54) is 19.5 Å². The van der Waals surface area contributed by atoms with Gasteiger partial charge in [0, 0.05) is 30.9 Å². The Bertz CT molecular complexity index is 1050. The van der Waals surface area contributed by atoms with Crippen molar-refractivity contribution >= 4 is 30.5 Å². The number of benzene rings is 1. The molecule has 1 aromatic heterocycles. The van der Waals surface area contributed by atoms with E-state index in [0.29, 0.717) is 17.2 Å². The molecular formula is C24H32BClN4O6. The third-order valence-electron chi connectivity index (χ3n) is 6.38. The van der Waals surface area contributed by atoms with Crippen LogP contribution in [0.2, 0.25) is 5.02 Å². The lowest BCUT2D eigenvalue weighted by Gasteiger charge is -2.32. The molecule has 3 rings (SSSR count). The van der Waals surface area contributed by atoms with Gasteiger partial charge in [0.05, 0.1) is 36.1 Å². The van der Waals surface area contributed by atoms with E-state index in [0.717, 1.165) is 0 Å². The highest BCUT2D eigenvalue weighted by Gasteiger charge is 2.54. The third-order valence-corrected chi connectivity index (χ3v) is 6.63. The molecule has 0 unspecified atom stereocenters. The number of aromatic nitrogens is 2. The van der Waals surface area contributed by atoms with Gasteiger partial charge in [-0.1, -0.05) is 11.6 Å². The molecule has 2 atom stereocenters. The molecule has 0 bridgehead atoms. The molecule has 0 aliphatic carbocycles. The average molecular weight is 519 g/mol. The van der Waals surface area contributed by atoms with Crippen LogP contribution in [0.15, 0.2) is 36.7 Å². The lowest BCUT2D eigenvalue weighted by atomic mass is 9.76. The molecule has 2 amide bonds. The number of nitrogens with zero attached hydrogens (tertiary/aromatic N) is 2. The fraction of sp³-hybridized carbons (Fsp3) is 0.500. The van der Waals surface area contributed by atoms with Crippen molar-refractivity contribution in [2.24, 2.45) is 5.73 Å². The van der Waals surface area contributed by atoms with Crippen molar-refractivity contribution in [1.82, 2.24) is 15.3 Å². The van der Waals surface area contributed by atoms with Crippen molar-refractivity contribution in [2.45, 2.75) is 57.2 Å². The number of ether oxygens (including phenoxy) is 2. The maximum atomic E-state index is 13.5. The fourth-order valence-electron chi connectivity index (χ4n) is 3.69. The van der Waals surface area contributed by atoms with Crippen molar-refractivity contribution < 1.29 is 28.4 Å². The molecule has 10 nitrogen and oxygen atoms in total. The van der Waals surface area contributed by atoms with Crippen LogP contribution >= 0.6 is 11.6 Å². The second kappa shape index (κ2) is 11.6. The van der Waals surface area contributed by atoms with Gasteiger partial charge in [0.25, 0.3) is 5.91 Å². The number of nitrogens with two attached hydrogens (primary N) is 1. The molecule has 1 aliphatic heterocycles. The van der Waals surface area contributed by atoms with Crippen molar-refractivity contribution in [3.8, 4) is 5.75 Å². The van der Waals surface area contributed by atoms with Crippen LogP contribution in [0.3, 0.4) is 0 Å². The van der Waals surface area contributed by atoms with Gasteiger partial charge >= 0.3 is 7.12 Å². The summed E-state index contributed by atoms with van der Waals surface area (Å²) in [6, 6.07) is 6.99.